The lowest BCUT2D eigenvalue weighted by Crippen LogP contribution is -2.28. The number of aromatic carboxylic acids is 1. The van der Waals surface area contributed by atoms with Crippen LogP contribution in [0.1, 0.15) is 36.5 Å². The molecule has 0 saturated heterocycles. The minimum absolute atomic E-state index is 0.273. The van der Waals surface area contributed by atoms with Crippen molar-refractivity contribution in [2.24, 2.45) is 0 Å². The van der Waals surface area contributed by atoms with E-state index in [0.29, 0.717) is 5.52 Å². The van der Waals surface area contributed by atoms with E-state index in [9.17, 15) is 9.90 Å². The smallest absolute Gasteiger partial charge is 0.337 e. The predicted molar refractivity (Wildman–Crippen MR) is 83.8 cm³/mol. The summed E-state index contributed by atoms with van der Waals surface area (Å²) in [5.41, 5.74) is 1.76. The highest BCUT2D eigenvalue weighted by Gasteiger charge is 2.15. The van der Waals surface area contributed by atoms with Crippen LogP contribution in [0.4, 0.5) is 0 Å². The van der Waals surface area contributed by atoms with E-state index in [0.717, 1.165) is 43.9 Å². The van der Waals surface area contributed by atoms with Crippen LogP contribution in [0, 0.1) is 6.92 Å². The molecule has 0 atom stereocenters. The summed E-state index contributed by atoms with van der Waals surface area (Å²) in [6.45, 7) is 10.2. The Balaban J connectivity index is 2.30. The van der Waals surface area contributed by atoms with Crippen LogP contribution in [-0.2, 0) is 6.54 Å². The standard InChI is InChI=1S/C16H23N3O2/c1-4-9-18(5-2)10-11-19-12(3)17-15-13(16(20)21)7-6-8-14(15)19/h6-8H,4-5,9-11H2,1-3H3,(H,20,21). The average Bonchev–Trinajstić information content (AvgIpc) is 2.78. The number of carboxylic acid groups (broad SMARTS) is 1. The third kappa shape index (κ3) is 3.24. The van der Waals surface area contributed by atoms with Crippen molar-refractivity contribution < 1.29 is 9.90 Å². The summed E-state index contributed by atoms with van der Waals surface area (Å²) >= 11 is 0. The predicted octanol–water partition coefficient (Wildman–Crippen LogP) is 2.77. The summed E-state index contributed by atoms with van der Waals surface area (Å²) in [5, 5.41) is 9.25. The van der Waals surface area contributed by atoms with Crippen LogP contribution in [-0.4, -0.2) is 45.2 Å². The number of carboxylic acids is 1. The molecule has 114 valence electrons. The highest BCUT2D eigenvalue weighted by molar-refractivity contribution is 6.01. The topological polar surface area (TPSA) is 58.4 Å². The number of benzene rings is 1. The largest absolute Gasteiger partial charge is 0.478 e. The van der Waals surface area contributed by atoms with Gasteiger partial charge in [-0.25, -0.2) is 9.78 Å². The number of fused-ring (bicyclic) bond motifs is 1. The summed E-state index contributed by atoms with van der Waals surface area (Å²) in [4.78, 5) is 18.1. The highest BCUT2D eigenvalue weighted by Crippen LogP contribution is 2.20. The second kappa shape index (κ2) is 6.72. The van der Waals surface area contributed by atoms with Gasteiger partial charge in [-0.3, -0.25) is 0 Å². The first-order valence-corrected chi connectivity index (χ1v) is 7.50. The van der Waals surface area contributed by atoms with Gasteiger partial charge in [-0.15, -0.1) is 0 Å². The summed E-state index contributed by atoms with van der Waals surface area (Å²) in [6, 6.07) is 5.34. The number of likely N-dealkylation sites (N-methyl/N-ethyl adjacent to an activating group) is 1. The van der Waals surface area contributed by atoms with Gasteiger partial charge in [0.05, 0.1) is 11.1 Å². The number of nitrogens with zero attached hydrogens (tertiary/aromatic N) is 3. The van der Waals surface area contributed by atoms with Crippen molar-refractivity contribution in [2.45, 2.75) is 33.7 Å². The van der Waals surface area contributed by atoms with Gasteiger partial charge in [-0.05, 0) is 38.6 Å². The van der Waals surface area contributed by atoms with Gasteiger partial charge in [-0.2, -0.15) is 0 Å². The maximum atomic E-state index is 11.3. The molecule has 0 bridgehead atoms. The minimum atomic E-state index is -0.925. The summed E-state index contributed by atoms with van der Waals surface area (Å²) in [6.07, 6.45) is 1.14. The van der Waals surface area contributed by atoms with Gasteiger partial charge < -0.3 is 14.6 Å². The van der Waals surface area contributed by atoms with Gasteiger partial charge in [0.15, 0.2) is 0 Å². The zero-order valence-corrected chi connectivity index (χ0v) is 13.0. The van der Waals surface area contributed by atoms with Crippen molar-refractivity contribution in [1.82, 2.24) is 14.5 Å². The van der Waals surface area contributed by atoms with E-state index in [4.69, 9.17) is 0 Å². The Morgan fingerprint density at radius 3 is 2.71 bits per heavy atom. The molecule has 0 saturated carbocycles. The summed E-state index contributed by atoms with van der Waals surface area (Å²) in [5.74, 6) is -0.0577. The summed E-state index contributed by atoms with van der Waals surface area (Å²) < 4.78 is 2.11. The first kappa shape index (κ1) is 15.5. The molecule has 1 aromatic heterocycles. The second-order valence-electron chi connectivity index (χ2n) is 5.22. The van der Waals surface area contributed by atoms with E-state index in [2.05, 4.69) is 28.3 Å². The monoisotopic (exact) mass is 289 g/mol. The number of carbonyl (C=O) groups is 1. The number of aryl methyl sites for hydroxylation is 1. The molecular formula is C16H23N3O2. The minimum Gasteiger partial charge on any atom is -0.478 e. The Morgan fingerprint density at radius 1 is 1.33 bits per heavy atom. The fraction of sp³-hybridized carbons (Fsp3) is 0.500. The first-order chi connectivity index (χ1) is 10.1. The van der Waals surface area contributed by atoms with Gasteiger partial charge in [0, 0.05) is 13.1 Å². The molecule has 0 aliphatic carbocycles. The van der Waals surface area contributed by atoms with E-state index >= 15 is 0 Å². The Bertz CT molecular complexity index is 634. The van der Waals surface area contributed by atoms with E-state index < -0.39 is 5.97 Å². The van der Waals surface area contributed by atoms with Crippen molar-refractivity contribution in [3.05, 3.63) is 29.6 Å². The van der Waals surface area contributed by atoms with Crippen molar-refractivity contribution in [3.8, 4) is 0 Å². The molecule has 0 fully saturated rings. The Morgan fingerprint density at radius 2 is 2.10 bits per heavy atom. The van der Waals surface area contributed by atoms with Crippen LogP contribution < -0.4 is 0 Å². The van der Waals surface area contributed by atoms with Crippen LogP contribution in [0.2, 0.25) is 0 Å². The van der Waals surface area contributed by atoms with Crippen molar-refractivity contribution in [2.75, 3.05) is 19.6 Å². The molecule has 1 N–H and O–H groups in total. The molecule has 5 heteroatoms. The molecule has 2 rings (SSSR count). The second-order valence-corrected chi connectivity index (χ2v) is 5.22. The Kier molecular flexibility index (Phi) is 4.96. The molecule has 0 amide bonds. The zero-order valence-electron chi connectivity index (χ0n) is 13.0. The van der Waals surface area contributed by atoms with Gasteiger partial charge in [0.25, 0.3) is 0 Å². The average molecular weight is 289 g/mol. The maximum Gasteiger partial charge on any atom is 0.337 e. The van der Waals surface area contributed by atoms with Crippen LogP contribution in [0.15, 0.2) is 18.2 Å². The van der Waals surface area contributed by atoms with E-state index in [1.165, 1.54) is 0 Å². The molecule has 0 radical (unpaired) electrons. The Hall–Kier alpha value is -1.88. The number of para-hydroxylation sites is 1. The van der Waals surface area contributed by atoms with Gasteiger partial charge >= 0.3 is 5.97 Å². The first-order valence-electron chi connectivity index (χ1n) is 7.50. The lowest BCUT2D eigenvalue weighted by atomic mass is 10.2. The van der Waals surface area contributed by atoms with Crippen molar-refractivity contribution in [1.29, 1.82) is 0 Å². The van der Waals surface area contributed by atoms with E-state index in [1.54, 1.807) is 12.1 Å². The molecule has 0 aliphatic heterocycles. The molecular weight excluding hydrogens is 266 g/mol. The molecule has 21 heavy (non-hydrogen) atoms. The molecule has 1 aromatic carbocycles. The SMILES string of the molecule is CCCN(CC)CCn1c(C)nc2c(C(=O)O)cccc21. The van der Waals surface area contributed by atoms with Crippen LogP contribution in [0.5, 0.6) is 0 Å². The molecule has 0 spiro atoms. The number of imidazole rings is 1. The van der Waals surface area contributed by atoms with Crippen LogP contribution in [0.25, 0.3) is 11.0 Å². The van der Waals surface area contributed by atoms with Gasteiger partial charge in [0.2, 0.25) is 0 Å². The van der Waals surface area contributed by atoms with E-state index in [-0.39, 0.29) is 5.56 Å². The van der Waals surface area contributed by atoms with Gasteiger partial charge in [0.1, 0.15) is 11.3 Å². The quantitative estimate of drug-likeness (QED) is 0.851. The maximum absolute atomic E-state index is 11.3. The van der Waals surface area contributed by atoms with Crippen molar-refractivity contribution >= 4 is 17.0 Å². The lowest BCUT2D eigenvalue weighted by molar-refractivity contribution is 0.0699. The number of rotatable bonds is 7. The fourth-order valence-electron chi connectivity index (χ4n) is 2.70. The number of aromatic nitrogens is 2. The number of hydrogen-bond donors (Lipinski definition) is 1. The van der Waals surface area contributed by atoms with E-state index in [1.807, 2.05) is 13.0 Å². The Labute approximate surface area is 125 Å². The van der Waals surface area contributed by atoms with Gasteiger partial charge in [-0.1, -0.05) is 19.9 Å². The number of hydrogen-bond acceptors (Lipinski definition) is 3. The third-order valence-corrected chi connectivity index (χ3v) is 3.83. The van der Waals surface area contributed by atoms with Crippen molar-refractivity contribution in [3.63, 3.8) is 0 Å². The summed E-state index contributed by atoms with van der Waals surface area (Å²) in [7, 11) is 0. The molecule has 2 aromatic rings. The fourth-order valence-corrected chi connectivity index (χ4v) is 2.70. The van der Waals surface area contributed by atoms with Crippen LogP contribution in [0.3, 0.4) is 0 Å². The molecule has 5 nitrogen and oxygen atoms in total. The lowest BCUT2D eigenvalue weighted by Gasteiger charge is -2.20. The highest BCUT2D eigenvalue weighted by atomic mass is 16.4. The molecule has 0 unspecified atom stereocenters. The normalized spacial score (nSPS) is 11.4. The molecule has 1 heterocycles. The van der Waals surface area contributed by atoms with Crippen LogP contribution >= 0.6 is 0 Å². The zero-order chi connectivity index (χ0) is 15.4. The third-order valence-electron chi connectivity index (χ3n) is 3.83. The molecule has 0 aliphatic rings.